The summed E-state index contributed by atoms with van der Waals surface area (Å²) in [5, 5.41) is 0. The number of anilines is 1. The van der Waals surface area contributed by atoms with Gasteiger partial charge in [-0.1, -0.05) is 0 Å². The van der Waals surface area contributed by atoms with Crippen LogP contribution in [0.5, 0.6) is 0 Å². The first kappa shape index (κ1) is 19.1. The van der Waals surface area contributed by atoms with Crippen LogP contribution in [-0.4, -0.2) is 47.2 Å². The van der Waals surface area contributed by atoms with Crippen molar-refractivity contribution < 1.29 is 13.2 Å². The summed E-state index contributed by atoms with van der Waals surface area (Å²) in [6, 6.07) is 0. The van der Waals surface area contributed by atoms with Gasteiger partial charge in [0.2, 0.25) is 0 Å². The quantitative estimate of drug-likeness (QED) is 0.823. The van der Waals surface area contributed by atoms with Crippen LogP contribution >= 0.6 is 0 Å². The second kappa shape index (κ2) is 6.81. The summed E-state index contributed by atoms with van der Waals surface area (Å²) in [6.45, 7) is 6.66. The molecule has 1 aliphatic carbocycles. The third kappa shape index (κ3) is 4.01. The fraction of sp³-hybridized carbons (Fsp3) is 0.667. The normalized spacial score (nSPS) is 15.4. The van der Waals surface area contributed by atoms with Gasteiger partial charge in [-0.25, -0.2) is 18.4 Å². The molecule has 2 heterocycles. The average molecular weight is 381 g/mol. The highest BCUT2D eigenvalue weighted by molar-refractivity contribution is 7.90. The summed E-state index contributed by atoms with van der Waals surface area (Å²) >= 11 is 0. The van der Waals surface area contributed by atoms with Crippen LogP contribution in [0.2, 0.25) is 0 Å². The highest BCUT2D eigenvalue weighted by Gasteiger charge is 2.26. The Labute approximate surface area is 154 Å². The molecule has 0 radical (unpaired) electrons. The van der Waals surface area contributed by atoms with E-state index < -0.39 is 15.4 Å². The molecular formula is C18H28N4O3S. The van der Waals surface area contributed by atoms with Gasteiger partial charge in [-0.2, -0.15) is 0 Å². The maximum absolute atomic E-state index is 11.3. The van der Waals surface area contributed by atoms with Crippen molar-refractivity contribution in [3.63, 3.8) is 0 Å². The summed E-state index contributed by atoms with van der Waals surface area (Å²) in [5.41, 5.74) is 9.79. The molecule has 0 bridgehead atoms. The molecule has 26 heavy (non-hydrogen) atoms. The van der Waals surface area contributed by atoms with Gasteiger partial charge in [0.15, 0.2) is 5.82 Å². The van der Waals surface area contributed by atoms with E-state index in [1.165, 1.54) is 11.8 Å². The molecule has 0 atom stereocenters. The summed E-state index contributed by atoms with van der Waals surface area (Å²) in [4.78, 5) is 9.22. The zero-order chi connectivity index (χ0) is 19.1. The molecule has 0 amide bonds. The third-order valence-corrected chi connectivity index (χ3v) is 5.78. The number of aryl methyl sites for hydroxylation is 3. The van der Waals surface area contributed by atoms with Crippen LogP contribution in [-0.2, 0) is 34.0 Å². The molecule has 1 aliphatic rings. The minimum absolute atomic E-state index is 0.0202. The van der Waals surface area contributed by atoms with E-state index in [4.69, 9.17) is 10.5 Å². The van der Waals surface area contributed by atoms with Gasteiger partial charge < -0.3 is 15.0 Å². The maximum Gasteiger partial charge on any atom is 0.151 e. The number of nitrogen functional groups attached to an aromatic ring is 1. The number of pyridine rings is 1. The van der Waals surface area contributed by atoms with Gasteiger partial charge in [-0.15, -0.1) is 0 Å². The van der Waals surface area contributed by atoms with Crippen LogP contribution in [0.25, 0.3) is 11.0 Å². The van der Waals surface area contributed by atoms with E-state index in [0.717, 1.165) is 48.2 Å². The van der Waals surface area contributed by atoms with Crippen LogP contribution in [0.1, 0.15) is 43.8 Å². The molecule has 0 fully saturated rings. The smallest absolute Gasteiger partial charge is 0.151 e. The molecule has 0 aliphatic heterocycles. The molecule has 3 rings (SSSR count). The highest BCUT2D eigenvalue weighted by atomic mass is 32.2. The zero-order valence-corrected chi connectivity index (χ0v) is 16.8. The Kier molecular flexibility index (Phi) is 5.00. The predicted octanol–water partition coefficient (Wildman–Crippen LogP) is 2.04. The summed E-state index contributed by atoms with van der Waals surface area (Å²) in [5.74, 6) is 1.37. The minimum atomic E-state index is -3.04. The number of hydrogen-bond donors (Lipinski definition) is 1. The predicted molar refractivity (Wildman–Crippen MR) is 103 cm³/mol. The molecule has 7 nitrogen and oxygen atoms in total. The van der Waals surface area contributed by atoms with Gasteiger partial charge in [0.05, 0.1) is 30.0 Å². The van der Waals surface area contributed by atoms with Crippen molar-refractivity contribution in [3.8, 4) is 0 Å². The van der Waals surface area contributed by atoms with Crippen LogP contribution in [0.4, 0.5) is 5.82 Å². The second-order valence-corrected chi connectivity index (χ2v) is 10.1. The topological polar surface area (TPSA) is 100 Å². The summed E-state index contributed by atoms with van der Waals surface area (Å²) in [7, 11) is -3.04. The first-order chi connectivity index (χ1) is 12.1. The van der Waals surface area contributed by atoms with E-state index >= 15 is 0 Å². The molecule has 2 aromatic rings. The lowest BCUT2D eigenvalue weighted by atomic mass is 9.94. The molecule has 0 unspecified atom stereocenters. The monoisotopic (exact) mass is 380 g/mol. The number of fused-ring (bicyclic) bond motifs is 3. The van der Waals surface area contributed by atoms with Gasteiger partial charge in [-0.05, 0) is 52.0 Å². The van der Waals surface area contributed by atoms with Gasteiger partial charge in [-0.3, -0.25) is 0 Å². The lowest BCUT2D eigenvalue weighted by Crippen LogP contribution is -2.33. The molecule has 0 saturated carbocycles. The molecule has 2 aromatic heterocycles. The van der Waals surface area contributed by atoms with E-state index in [1.807, 2.05) is 20.8 Å². The Morgan fingerprint density at radius 1 is 1.23 bits per heavy atom. The third-order valence-electron chi connectivity index (χ3n) is 4.87. The number of nitrogens with zero attached hydrogens (tertiary/aromatic N) is 3. The van der Waals surface area contributed by atoms with Gasteiger partial charge in [0, 0.05) is 11.9 Å². The summed E-state index contributed by atoms with van der Waals surface area (Å²) < 4.78 is 30.7. The largest absolute Gasteiger partial charge is 0.382 e. The highest BCUT2D eigenvalue weighted by Crippen LogP contribution is 2.32. The number of sulfone groups is 1. The molecule has 0 aromatic carbocycles. The number of aromatic nitrogens is 3. The number of imidazole rings is 1. The van der Waals surface area contributed by atoms with Crippen molar-refractivity contribution in [2.24, 2.45) is 0 Å². The average Bonchev–Trinajstić information content (AvgIpc) is 2.83. The van der Waals surface area contributed by atoms with E-state index in [2.05, 4.69) is 14.5 Å². The first-order valence-electron chi connectivity index (χ1n) is 9.03. The Hall–Kier alpha value is -1.67. The standard InChI is InChI=1S/C18H28N4O3S/c1-12-20-15-16(13-7-5-6-8-14(13)21-17(15)19)22(12)11-18(2,3)25-9-10-26(4,23)24/h5-11H2,1-4H3,(H2,19,21). The van der Waals surface area contributed by atoms with Gasteiger partial charge >= 0.3 is 0 Å². The van der Waals surface area contributed by atoms with E-state index in [9.17, 15) is 8.42 Å². The van der Waals surface area contributed by atoms with Gasteiger partial charge in [0.1, 0.15) is 21.2 Å². The Morgan fingerprint density at radius 2 is 1.92 bits per heavy atom. The van der Waals surface area contributed by atoms with E-state index in [0.29, 0.717) is 12.4 Å². The summed E-state index contributed by atoms with van der Waals surface area (Å²) in [6.07, 6.45) is 5.44. The zero-order valence-electron chi connectivity index (χ0n) is 16.0. The number of nitrogens with two attached hydrogens (primary N) is 1. The SMILES string of the molecule is Cc1nc2c(N)nc3c(c2n1CC(C)(C)OCCS(C)(=O)=O)CCCC3. The molecule has 2 N–H and O–H groups in total. The van der Waals surface area contributed by atoms with Crippen molar-refractivity contribution in [3.05, 3.63) is 17.1 Å². The van der Waals surface area contributed by atoms with Gasteiger partial charge in [0.25, 0.3) is 0 Å². The number of rotatable bonds is 6. The molecule has 0 spiro atoms. The molecule has 144 valence electrons. The maximum atomic E-state index is 11.3. The van der Waals surface area contributed by atoms with Crippen molar-refractivity contribution in [2.75, 3.05) is 24.3 Å². The second-order valence-electron chi connectivity index (χ2n) is 7.81. The minimum Gasteiger partial charge on any atom is -0.382 e. The lowest BCUT2D eigenvalue weighted by Gasteiger charge is -2.27. The van der Waals surface area contributed by atoms with Crippen molar-refractivity contribution in [2.45, 2.75) is 58.6 Å². The first-order valence-corrected chi connectivity index (χ1v) is 11.1. The van der Waals surface area contributed by atoms with Crippen LogP contribution in [0.15, 0.2) is 0 Å². The molecule has 0 saturated heterocycles. The Bertz CT molecular complexity index is 932. The van der Waals surface area contributed by atoms with E-state index in [-0.39, 0.29) is 12.4 Å². The lowest BCUT2D eigenvalue weighted by molar-refractivity contribution is -0.0209. The van der Waals surface area contributed by atoms with Crippen molar-refractivity contribution in [1.29, 1.82) is 0 Å². The van der Waals surface area contributed by atoms with E-state index in [1.54, 1.807) is 0 Å². The number of ether oxygens (including phenoxy) is 1. The van der Waals surface area contributed by atoms with Crippen LogP contribution in [0.3, 0.4) is 0 Å². The molecule has 8 heteroatoms. The van der Waals surface area contributed by atoms with Crippen molar-refractivity contribution >= 4 is 26.7 Å². The fourth-order valence-corrected chi connectivity index (χ4v) is 3.99. The Balaban J connectivity index is 1.94. The fourth-order valence-electron chi connectivity index (χ4n) is 3.60. The number of hydrogen-bond acceptors (Lipinski definition) is 6. The Morgan fingerprint density at radius 3 is 2.62 bits per heavy atom. The van der Waals surface area contributed by atoms with Crippen molar-refractivity contribution in [1.82, 2.24) is 14.5 Å². The van der Waals surface area contributed by atoms with Crippen LogP contribution < -0.4 is 5.73 Å². The van der Waals surface area contributed by atoms with Crippen LogP contribution in [0, 0.1) is 6.92 Å². The molecular weight excluding hydrogens is 352 g/mol.